The fourth-order valence-corrected chi connectivity index (χ4v) is 0.752. The zero-order valence-electron chi connectivity index (χ0n) is 3.72. The van der Waals surface area contributed by atoms with Crippen LogP contribution >= 0.6 is 0 Å². The molecule has 1 radical (unpaired) electrons. The second-order valence-corrected chi connectivity index (χ2v) is 2.86. The van der Waals surface area contributed by atoms with E-state index in [4.69, 9.17) is 4.80 Å². The topological polar surface area (TPSA) is 32.8 Å². The molecule has 1 N–H and O–H groups in total. The van der Waals surface area contributed by atoms with Gasteiger partial charge in [0, 0.05) is 0 Å². The zero-order valence-corrected chi connectivity index (χ0v) is 4.72. The zero-order chi connectivity index (χ0) is 5.28. The Kier molecular flexibility index (Phi) is 0.999. The molecule has 1 aliphatic heterocycles. The van der Waals surface area contributed by atoms with Crippen molar-refractivity contribution in [2.24, 2.45) is 0 Å². The highest BCUT2D eigenvalue weighted by atomic mass is 28.3. The third kappa shape index (κ3) is 0.912. The molecular formula is C4H5O2Si. The van der Waals surface area contributed by atoms with Crippen LogP contribution in [0.1, 0.15) is 0 Å². The number of hydrogen-bond donors (Lipinski definition) is 1. The van der Waals surface area contributed by atoms with Crippen LogP contribution in [0.25, 0.3) is 0 Å². The SMILES string of the molecule is C=C[Si](O)C1=CO1. The van der Waals surface area contributed by atoms with Crippen LogP contribution in [0.5, 0.6) is 0 Å². The third-order valence-corrected chi connectivity index (χ3v) is 1.81. The predicted octanol–water partition coefficient (Wildman–Crippen LogP) is 0.106. The van der Waals surface area contributed by atoms with Gasteiger partial charge in [0.15, 0.2) is 5.38 Å². The molecule has 0 aromatic rings. The van der Waals surface area contributed by atoms with E-state index in [1.165, 1.54) is 12.0 Å². The van der Waals surface area contributed by atoms with Crippen LogP contribution in [0.4, 0.5) is 0 Å². The normalized spacial score (nSPS) is 15.4. The molecule has 1 aliphatic rings. The first kappa shape index (κ1) is 4.61. The summed E-state index contributed by atoms with van der Waals surface area (Å²) in [5.41, 5.74) is 1.52. The van der Waals surface area contributed by atoms with Gasteiger partial charge in [-0.25, -0.2) is 0 Å². The summed E-state index contributed by atoms with van der Waals surface area (Å²) < 4.78 is 4.58. The first-order valence-electron chi connectivity index (χ1n) is 1.90. The van der Waals surface area contributed by atoms with Crippen LogP contribution in [-0.4, -0.2) is 13.8 Å². The van der Waals surface area contributed by atoms with E-state index in [2.05, 4.69) is 11.3 Å². The average Bonchev–Trinajstić information content (AvgIpc) is 2.44. The number of hydrogen-bond acceptors (Lipinski definition) is 2. The van der Waals surface area contributed by atoms with Gasteiger partial charge in [-0.2, -0.15) is 0 Å². The highest BCUT2D eigenvalue weighted by Crippen LogP contribution is 2.14. The summed E-state index contributed by atoms with van der Waals surface area (Å²) >= 11 is 0. The Labute approximate surface area is 43.5 Å². The van der Waals surface area contributed by atoms with E-state index >= 15 is 0 Å². The number of rotatable bonds is 2. The van der Waals surface area contributed by atoms with E-state index in [1.54, 1.807) is 0 Å². The first-order valence-corrected chi connectivity index (χ1v) is 3.42. The van der Waals surface area contributed by atoms with Crippen LogP contribution < -0.4 is 0 Å². The molecule has 0 amide bonds. The van der Waals surface area contributed by atoms with Gasteiger partial charge < -0.3 is 9.53 Å². The largest absolute Gasteiger partial charge is 0.465 e. The molecule has 0 saturated carbocycles. The van der Waals surface area contributed by atoms with Gasteiger partial charge in [0.2, 0.25) is 0 Å². The molecular weight excluding hydrogens is 108 g/mol. The Balaban J connectivity index is 2.37. The smallest absolute Gasteiger partial charge is 0.318 e. The molecule has 0 aliphatic carbocycles. The van der Waals surface area contributed by atoms with Crippen molar-refractivity contribution in [3.8, 4) is 0 Å². The van der Waals surface area contributed by atoms with Crippen LogP contribution in [0.3, 0.4) is 0 Å². The summed E-state index contributed by atoms with van der Waals surface area (Å²) in [7, 11) is -1.43. The van der Waals surface area contributed by atoms with Gasteiger partial charge in [-0.3, -0.25) is 0 Å². The fourth-order valence-electron chi connectivity index (χ4n) is 0.251. The van der Waals surface area contributed by atoms with Crippen LogP contribution in [0.2, 0.25) is 0 Å². The predicted molar refractivity (Wildman–Crippen MR) is 27.3 cm³/mol. The summed E-state index contributed by atoms with van der Waals surface area (Å²) in [6.45, 7) is 3.40. The minimum absolute atomic E-state index is 0.708. The average molecular weight is 113 g/mol. The van der Waals surface area contributed by atoms with Crippen molar-refractivity contribution >= 4 is 9.04 Å². The summed E-state index contributed by atoms with van der Waals surface area (Å²) in [6.07, 6.45) is 1.54. The van der Waals surface area contributed by atoms with E-state index < -0.39 is 9.04 Å². The molecule has 0 atom stereocenters. The Bertz CT molecular complexity index is 119. The lowest BCUT2D eigenvalue weighted by Crippen LogP contribution is -2.05. The first-order chi connectivity index (χ1) is 3.34. The maximum Gasteiger partial charge on any atom is 0.318 e. The maximum atomic E-state index is 8.79. The van der Waals surface area contributed by atoms with Gasteiger partial charge in [0.25, 0.3) is 0 Å². The molecule has 0 aromatic carbocycles. The maximum absolute atomic E-state index is 8.79. The van der Waals surface area contributed by atoms with Gasteiger partial charge in [-0.1, -0.05) is 5.70 Å². The molecule has 0 unspecified atom stereocenters. The van der Waals surface area contributed by atoms with Gasteiger partial charge in [-0.05, 0) is 0 Å². The van der Waals surface area contributed by atoms with Crippen molar-refractivity contribution in [3.05, 3.63) is 23.9 Å². The molecule has 2 nitrogen and oxygen atoms in total. The molecule has 1 heterocycles. The van der Waals surface area contributed by atoms with E-state index in [0.29, 0.717) is 5.38 Å². The third-order valence-electron chi connectivity index (χ3n) is 0.682. The quantitative estimate of drug-likeness (QED) is 0.515. The Morgan fingerprint density at radius 3 is 2.71 bits per heavy atom. The monoisotopic (exact) mass is 113 g/mol. The molecule has 3 heteroatoms. The Morgan fingerprint density at radius 1 is 2.00 bits per heavy atom. The number of ether oxygens (including phenoxy) is 1. The lowest BCUT2D eigenvalue weighted by Gasteiger charge is -1.84. The van der Waals surface area contributed by atoms with Crippen molar-refractivity contribution in [2.75, 3.05) is 0 Å². The van der Waals surface area contributed by atoms with E-state index in [9.17, 15) is 0 Å². The van der Waals surface area contributed by atoms with Gasteiger partial charge in [0.1, 0.15) is 6.26 Å². The molecule has 7 heavy (non-hydrogen) atoms. The highest BCUT2D eigenvalue weighted by molar-refractivity contribution is 6.64. The van der Waals surface area contributed by atoms with Crippen LogP contribution in [-0.2, 0) is 4.74 Å². The van der Waals surface area contributed by atoms with Crippen molar-refractivity contribution in [1.82, 2.24) is 0 Å². The van der Waals surface area contributed by atoms with E-state index in [-0.39, 0.29) is 0 Å². The van der Waals surface area contributed by atoms with Crippen LogP contribution in [0.15, 0.2) is 23.9 Å². The lowest BCUT2D eigenvalue weighted by atomic mass is 11.2. The summed E-state index contributed by atoms with van der Waals surface area (Å²) in [5.74, 6) is 0. The van der Waals surface area contributed by atoms with Gasteiger partial charge >= 0.3 is 9.04 Å². The van der Waals surface area contributed by atoms with Crippen molar-refractivity contribution in [1.29, 1.82) is 0 Å². The fraction of sp³-hybridized carbons (Fsp3) is 0. The molecule has 0 aromatic heterocycles. The van der Waals surface area contributed by atoms with E-state index in [0.717, 1.165) is 0 Å². The summed E-state index contributed by atoms with van der Waals surface area (Å²) in [4.78, 5) is 8.79. The van der Waals surface area contributed by atoms with Crippen molar-refractivity contribution in [3.63, 3.8) is 0 Å². The summed E-state index contributed by atoms with van der Waals surface area (Å²) in [5, 5.41) is 0.708. The minimum Gasteiger partial charge on any atom is -0.465 e. The highest BCUT2D eigenvalue weighted by Gasteiger charge is 2.20. The van der Waals surface area contributed by atoms with Crippen molar-refractivity contribution in [2.45, 2.75) is 0 Å². The lowest BCUT2D eigenvalue weighted by molar-refractivity contribution is 0.499. The van der Waals surface area contributed by atoms with Gasteiger partial charge in [0.05, 0.1) is 0 Å². The van der Waals surface area contributed by atoms with Gasteiger partial charge in [-0.15, -0.1) is 6.58 Å². The molecule has 0 spiro atoms. The second kappa shape index (κ2) is 1.52. The standard InChI is InChI=1S/C4H5O2Si/c1-2-7(5)4-3-6-4/h2-3,5H,1H2. The molecule has 0 fully saturated rings. The molecule has 0 bridgehead atoms. The van der Waals surface area contributed by atoms with E-state index in [1.807, 2.05) is 0 Å². The minimum atomic E-state index is -1.43. The van der Waals surface area contributed by atoms with Crippen LogP contribution in [0, 0.1) is 0 Å². The Hall–Kier alpha value is -0.543. The molecule has 1 rings (SSSR count). The second-order valence-electron chi connectivity index (χ2n) is 1.19. The summed E-state index contributed by atoms with van der Waals surface area (Å²) in [6, 6.07) is 0. The van der Waals surface area contributed by atoms with Crippen molar-refractivity contribution < 1.29 is 9.53 Å². The molecule has 37 valence electrons. The molecule has 0 saturated heterocycles. The Morgan fingerprint density at radius 2 is 2.57 bits per heavy atom.